The van der Waals surface area contributed by atoms with Crippen molar-refractivity contribution >= 4 is 11.8 Å². The van der Waals surface area contributed by atoms with Crippen molar-refractivity contribution in [3.8, 4) is 5.75 Å². The van der Waals surface area contributed by atoms with Crippen LogP contribution in [-0.4, -0.2) is 24.2 Å². The molecule has 82 valence electrons. The SMILES string of the molecule is NCCCSCC1Cc2ccccc2O1. The van der Waals surface area contributed by atoms with Gasteiger partial charge < -0.3 is 10.5 Å². The molecule has 0 aliphatic carbocycles. The second-order valence-electron chi connectivity index (χ2n) is 3.77. The third-order valence-corrected chi connectivity index (χ3v) is 3.70. The third-order valence-electron chi connectivity index (χ3n) is 2.51. The Balaban J connectivity index is 1.76. The largest absolute Gasteiger partial charge is 0.489 e. The van der Waals surface area contributed by atoms with E-state index < -0.39 is 0 Å². The Kier molecular flexibility index (Phi) is 3.92. The highest BCUT2D eigenvalue weighted by atomic mass is 32.2. The number of ether oxygens (including phenoxy) is 1. The van der Waals surface area contributed by atoms with E-state index in [1.54, 1.807) is 0 Å². The molecule has 1 aliphatic rings. The molecule has 0 radical (unpaired) electrons. The molecule has 2 N–H and O–H groups in total. The van der Waals surface area contributed by atoms with Gasteiger partial charge in [-0.15, -0.1) is 0 Å². The molecule has 1 unspecified atom stereocenters. The predicted molar refractivity (Wildman–Crippen MR) is 65.6 cm³/mol. The molecule has 2 rings (SSSR count). The second kappa shape index (κ2) is 5.42. The van der Waals surface area contributed by atoms with Crippen LogP contribution in [-0.2, 0) is 6.42 Å². The van der Waals surface area contributed by atoms with E-state index in [1.807, 2.05) is 17.8 Å². The molecular weight excluding hydrogens is 206 g/mol. The van der Waals surface area contributed by atoms with Gasteiger partial charge in [0.05, 0.1) is 0 Å². The molecule has 0 spiro atoms. The number of fused-ring (bicyclic) bond motifs is 1. The molecule has 0 bridgehead atoms. The summed E-state index contributed by atoms with van der Waals surface area (Å²) >= 11 is 1.94. The highest BCUT2D eigenvalue weighted by molar-refractivity contribution is 7.99. The fourth-order valence-electron chi connectivity index (χ4n) is 1.75. The van der Waals surface area contributed by atoms with Crippen LogP contribution in [0.2, 0.25) is 0 Å². The molecule has 3 heteroatoms. The van der Waals surface area contributed by atoms with E-state index in [1.165, 1.54) is 5.56 Å². The maximum absolute atomic E-state index is 5.84. The highest BCUT2D eigenvalue weighted by Crippen LogP contribution is 2.29. The lowest BCUT2D eigenvalue weighted by Crippen LogP contribution is -2.16. The molecule has 0 saturated carbocycles. The van der Waals surface area contributed by atoms with Crippen LogP contribution >= 0.6 is 11.8 Å². The maximum Gasteiger partial charge on any atom is 0.123 e. The van der Waals surface area contributed by atoms with Crippen molar-refractivity contribution in [1.82, 2.24) is 0 Å². The fourth-order valence-corrected chi connectivity index (χ4v) is 2.73. The van der Waals surface area contributed by atoms with Gasteiger partial charge in [0, 0.05) is 12.2 Å². The average molecular weight is 223 g/mol. The van der Waals surface area contributed by atoms with Gasteiger partial charge in [-0.05, 0) is 30.3 Å². The van der Waals surface area contributed by atoms with Crippen molar-refractivity contribution in [2.75, 3.05) is 18.1 Å². The van der Waals surface area contributed by atoms with Crippen LogP contribution < -0.4 is 10.5 Å². The van der Waals surface area contributed by atoms with Crippen LogP contribution in [0.1, 0.15) is 12.0 Å². The zero-order chi connectivity index (χ0) is 10.5. The van der Waals surface area contributed by atoms with E-state index in [4.69, 9.17) is 10.5 Å². The highest BCUT2D eigenvalue weighted by Gasteiger charge is 2.21. The first-order valence-corrected chi connectivity index (χ1v) is 6.58. The van der Waals surface area contributed by atoms with E-state index in [0.717, 1.165) is 36.6 Å². The predicted octanol–water partition coefficient (Wildman–Crippen LogP) is 2.07. The quantitative estimate of drug-likeness (QED) is 0.776. The van der Waals surface area contributed by atoms with Gasteiger partial charge >= 0.3 is 0 Å². The van der Waals surface area contributed by atoms with Crippen molar-refractivity contribution < 1.29 is 4.74 Å². The van der Waals surface area contributed by atoms with E-state index in [9.17, 15) is 0 Å². The fraction of sp³-hybridized carbons (Fsp3) is 0.500. The minimum atomic E-state index is 0.366. The molecule has 0 saturated heterocycles. The average Bonchev–Trinajstić information content (AvgIpc) is 2.67. The van der Waals surface area contributed by atoms with Crippen molar-refractivity contribution in [1.29, 1.82) is 0 Å². The summed E-state index contributed by atoms with van der Waals surface area (Å²) in [6.07, 6.45) is 2.53. The first kappa shape index (κ1) is 10.8. The van der Waals surface area contributed by atoms with E-state index in [2.05, 4.69) is 18.2 Å². The number of para-hydroxylation sites is 1. The Bertz CT molecular complexity index is 291. The van der Waals surface area contributed by atoms with Gasteiger partial charge in [0.2, 0.25) is 0 Å². The van der Waals surface area contributed by atoms with Crippen molar-refractivity contribution in [2.45, 2.75) is 18.9 Å². The Morgan fingerprint density at radius 1 is 1.40 bits per heavy atom. The Morgan fingerprint density at radius 3 is 3.07 bits per heavy atom. The van der Waals surface area contributed by atoms with Crippen LogP contribution in [0, 0.1) is 0 Å². The summed E-state index contributed by atoms with van der Waals surface area (Å²) in [5.41, 5.74) is 6.80. The molecule has 0 fully saturated rings. The van der Waals surface area contributed by atoms with E-state index in [0.29, 0.717) is 6.10 Å². The molecule has 1 atom stereocenters. The number of hydrogen-bond donors (Lipinski definition) is 1. The number of thioether (sulfide) groups is 1. The second-order valence-corrected chi connectivity index (χ2v) is 4.92. The van der Waals surface area contributed by atoms with Gasteiger partial charge in [-0.3, -0.25) is 0 Å². The Morgan fingerprint density at radius 2 is 2.27 bits per heavy atom. The summed E-state index contributed by atoms with van der Waals surface area (Å²) in [5.74, 6) is 3.29. The van der Waals surface area contributed by atoms with Gasteiger partial charge in [0.25, 0.3) is 0 Å². The van der Waals surface area contributed by atoms with Crippen LogP contribution in [0.5, 0.6) is 5.75 Å². The van der Waals surface area contributed by atoms with Crippen LogP contribution in [0.15, 0.2) is 24.3 Å². The van der Waals surface area contributed by atoms with Crippen LogP contribution in [0.4, 0.5) is 0 Å². The molecule has 2 nitrogen and oxygen atoms in total. The summed E-state index contributed by atoms with van der Waals surface area (Å²) in [7, 11) is 0. The van der Waals surface area contributed by atoms with Crippen molar-refractivity contribution in [3.05, 3.63) is 29.8 Å². The number of benzene rings is 1. The van der Waals surface area contributed by atoms with Crippen molar-refractivity contribution in [2.24, 2.45) is 5.73 Å². The summed E-state index contributed by atoms with van der Waals surface area (Å²) in [6.45, 7) is 0.790. The van der Waals surface area contributed by atoms with E-state index >= 15 is 0 Å². The van der Waals surface area contributed by atoms with Crippen LogP contribution in [0.25, 0.3) is 0 Å². The molecule has 1 heterocycles. The van der Waals surface area contributed by atoms with Gasteiger partial charge in [-0.1, -0.05) is 18.2 Å². The van der Waals surface area contributed by atoms with Crippen LogP contribution in [0.3, 0.4) is 0 Å². The minimum Gasteiger partial charge on any atom is -0.489 e. The maximum atomic E-state index is 5.84. The number of nitrogens with two attached hydrogens (primary N) is 1. The van der Waals surface area contributed by atoms with E-state index in [-0.39, 0.29) is 0 Å². The van der Waals surface area contributed by atoms with Gasteiger partial charge in [-0.25, -0.2) is 0 Å². The molecule has 1 aromatic rings. The summed E-state index contributed by atoms with van der Waals surface area (Å²) < 4.78 is 5.84. The van der Waals surface area contributed by atoms with Gasteiger partial charge in [-0.2, -0.15) is 11.8 Å². The molecular formula is C12H17NOS. The zero-order valence-corrected chi connectivity index (χ0v) is 9.63. The normalized spacial score (nSPS) is 18.6. The lowest BCUT2D eigenvalue weighted by molar-refractivity contribution is 0.259. The first-order valence-electron chi connectivity index (χ1n) is 5.42. The topological polar surface area (TPSA) is 35.2 Å². The smallest absolute Gasteiger partial charge is 0.123 e. The summed E-state index contributed by atoms with van der Waals surface area (Å²) in [5, 5.41) is 0. The van der Waals surface area contributed by atoms with Gasteiger partial charge in [0.1, 0.15) is 11.9 Å². The van der Waals surface area contributed by atoms with Crippen molar-refractivity contribution in [3.63, 3.8) is 0 Å². The molecule has 1 aromatic carbocycles. The zero-order valence-electron chi connectivity index (χ0n) is 8.82. The Hall–Kier alpha value is -0.670. The standard InChI is InChI=1S/C12H17NOS/c13-6-3-7-15-9-11-8-10-4-1-2-5-12(10)14-11/h1-2,4-5,11H,3,6-9,13H2. The molecule has 15 heavy (non-hydrogen) atoms. The third kappa shape index (κ3) is 2.89. The van der Waals surface area contributed by atoms with Gasteiger partial charge in [0.15, 0.2) is 0 Å². The lowest BCUT2D eigenvalue weighted by atomic mass is 10.1. The lowest BCUT2D eigenvalue weighted by Gasteiger charge is -2.09. The summed E-state index contributed by atoms with van der Waals surface area (Å²) in [4.78, 5) is 0. The Labute approximate surface area is 95.2 Å². The molecule has 0 amide bonds. The summed E-state index contributed by atoms with van der Waals surface area (Å²) in [6, 6.07) is 8.31. The molecule has 0 aromatic heterocycles. The number of hydrogen-bond acceptors (Lipinski definition) is 3. The number of rotatable bonds is 5. The minimum absolute atomic E-state index is 0.366. The first-order chi connectivity index (χ1) is 7.40. The monoisotopic (exact) mass is 223 g/mol. The molecule has 1 aliphatic heterocycles.